The van der Waals surface area contributed by atoms with Gasteiger partial charge in [-0.15, -0.1) is 0 Å². The standard InChI is InChI=1S/C15H6Br4F3NO3/c16-9-7(8(14(25)26)10(17)12(19)11(9)18)13(24)23-6-3-1-2-5(4-6)15(20,21)22/h1-4H,(H,23,24)(H,25,26). The van der Waals surface area contributed by atoms with Crippen LogP contribution in [-0.2, 0) is 6.18 Å². The SMILES string of the molecule is O=C(O)c1c(Br)c(Br)c(Br)c(Br)c1C(=O)Nc1cccc(C(F)(F)F)c1. The van der Waals surface area contributed by atoms with Crippen molar-refractivity contribution in [2.45, 2.75) is 6.18 Å². The Labute approximate surface area is 178 Å². The molecule has 11 heteroatoms. The predicted octanol–water partition coefficient (Wildman–Crippen LogP) is 6.71. The predicted molar refractivity (Wildman–Crippen MR) is 104 cm³/mol. The van der Waals surface area contributed by atoms with E-state index in [4.69, 9.17) is 0 Å². The van der Waals surface area contributed by atoms with Crippen molar-refractivity contribution in [1.82, 2.24) is 0 Å². The summed E-state index contributed by atoms with van der Waals surface area (Å²) in [5.74, 6) is -2.28. The van der Waals surface area contributed by atoms with Gasteiger partial charge in [0.05, 0.1) is 16.7 Å². The molecule has 1 amide bonds. The van der Waals surface area contributed by atoms with E-state index in [1.165, 1.54) is 6.07 Å². The average molecular weight is 625 g/mol. The molecule has 0 unspecified atom stereocenters. The van der Waals surface area contributed by atoms with Gasteiger partial charge in [0.2, 0.25) is 0 Å². The Kier molecular flexibility index (Phi) is 6.57. The number of halogens is 7. The van der Waals surface area contributed by atoms with E-state index in [1.54, 1.807) is 0 Å². The van der Waals surface area contributed by atoms with Crippen LogP contribution in [0.2, 0.25) is 0 Å². The molecule has 0 fully saturated rings. The summed E-state index contributed by atoms with van der Waals surface area (Å²) in [4.78, 5) is 24.2. The van der Waals surface area contributed by atoms with E-state index in [0.717, 1.165) is 18.2 Å². The third kappa shape index (κ3) is 4.32. The van der Waals surface area contributed by atoms with Crippen LogP contribution in [0.25, 0.3) is 0 Å². The van der Waals surface area contributed by atoms with Gasteiger partial charge in [-0.2, -0.15) is 13.2 Å². The van der Waals surface area contributed by atoms with Gasteiger partial charge in [0, 0.05) is 23.6 Å². The van der Waals surface area contributed by atoms with Crippen molar-refractivity contribution in [3.63, 3.8) is 0 Å². The first kappa shape index (κ1) is 21.4. The number of hydrogen-bond acceptors (Lipinski definition) is 2. The molecule has 0 aromatic heterocycles. The van der Waals surface area contributed by atoms with Crippen molar-refractivity contribution in [3.05, 3.63) is 58.8 Å². The lowest BCUT2D eigenvalue weighted by atomic mass is 10.1. The van der Waals surface area contributed by atoms with Gasteiger partial charge < -0.3 is 10.4 Å². The third-order valence-corrected chi connectivity index (χ3v) is 7.92. The number of carboxylic acids is 1. The highest BCUT2D eigenvalue weighted by molar-refractivity contribution is 9.15. The molecule has 2 aromatic carbocycles. The Balaban J connectivity index is 2.53. The summed E-state index contributed by atoms with van der Waals surface area (Å²) < 4.78 is 39.4. The monoisotopic (exact) mass is 621 g/mol. The lowest BCUT2D eigenvalue weighted by Gasteiger charge is -2.15. The molecule has 2 aromatic rings. The van der Waals surface area contributed by atoms with Crippen LogP contribution in [0.3, 0.4) is 0 Å². The molecule has 0 atom stereocenters. The minimum atomic E-state index is -4.57. The second-order valence-corrected chi connectivity index (χ2v) is 8.02. The second-order valence-electron chi connectivity index (χ2n) is 4.84. The summed E-state index contributed by atoms with van der Waals surface area (Å²) >= 11 is 12.6. The fourth-order valence-electron chi connectivity index (χ4n) is 2.01. The first-order valence-electron chi connectivity index (χ1n) is 6.53. The quantitative estimate of drug-likeness (QED) is 0.295. The van der Waals surface area contributed by atoms with Crippen LogP contribution in [0, 0.1) is 0 Å². The van der Waals surface area contributed by atoms with E-state index in [2.05, 4.69) is 69.0 Å². The van der Waals surface area contributed by atoms with E-state index in [9.17, 15) is 27.9 Å². The highest BCUT2D eigenvalue weighted by Crippen LogP contribution is 2.42. The van der Waals surface area contributed by atoms with Gasteiger partial charge >= 0.3 is 12.1 Å². The van der Waals surface area contributed by atoms with Gasteiger partial charge in [0.1, 0.15) is 0 Å². The number of aromatic carboxylic acids is 1. The summed E-state index contributed by atoms with van der Waals surface area (Å²) in [6, 6.07) is 4.03. The zero-order valence-electron chi connectivity index (χ0n) is 12.2. The largest absolute Gasteiger partial charge is 0.478 e. The number of anilines is 1. The first-order chi connectivity index (χ1) is 11.9. The molecule has 0 radical (unpaired) electrons. The summed E-state index contributed by atoms with van der Waals surface area (Å²) in [6.07, 6.45) is -4.57. The first-order valence-corrected chi connectivity index (χ1v) is 9.70. The number of rotatable bonds is 3. The molecule has 138 valence electrons. The number of carbonyl (C=O) groups excluding carboxylic acids is 1. The normalized spacial score (nSPS) is 11.3. The van der Waals surface area contributed by atoms with E-state index in [-0.39, 0.29) is 25.8 Å². The maximum absolute atomic E-state index is 12.8. The Bertz CT molecular complexity index is 916. The third-order valence-electron chi connectivity index (χ3n) is 3.16. The van der Waals surface area contributed by atoms with Gasteiger partial charge in [-0.3, -0.25) is 4.79 Å². The summed E-state index contributed by atoms with van der Waals surface area (Å²) in [5, 5.41) is 11.7. The minimum Gasteiger partial charge on any atom is -0.478 e. The van der Waals surface area contributed by atoms with Crippen molar-refractivity contribution < 1.29 is 27.9 Å². The lowest BCUT2D eigenvalue weighted by Crippen LogP contribution is -2.19. The minimum absolute atomic E-state index is 0.106. The van der Waals surface area contributed by atoms with Gasteiger partial charge in [0.15, 0.2) is 0 Å². The smallest absolute Gasteiger partial charge is 0.416 e. The Morgan fingerprint density at radius 3 is 1.96 bits per heavy atom. The van der Waals surface area contributed by atoms with Crippen molar-refractivity contribution in [2.75, 3.05) is 5.32 Å². The van der Waals surface area contributed by atoms with Crippen LogP contribution in [0.5, 0.6) is 0 Å². The van der Waals surface area contributed by atoms with Crippen LogP contribution in [-0.4, -0.2) is 17.0 Å². The molecule has 2 N–H and O–H groups in total. The Morgan fingerprint density at radius 1 is 0.923 bits per heavy atom. The number of benzene rings is 2. The van der Waals surface area contributed by atoms with Crippen LogP contribution < -0.4 is 5.32 Å². The fourth-order valence-corrected chi connectivity index (χ4v) is 4.48. The summed E-state index contributed by atoms with van der Waals surface area (Å²) in [7, 11) is 0. The summed E-state index contributed by atoms with van der Waals surface area (Å²) in [6.45, 7) is 0. The molecule has 0 aliphatic carbocycles. The molecule has 4 nitrogen and oxygen atoms in total. The molecule has 2 rings (SSSR count). The molecule has 26 heavy (non-hydrogen) atoms. The van der Waals surface area contributed by atoms with E-state index >= 15 is 0 Å². The number of nitrogens with one attached hydrogen (secondary N) is 1. The van der Waals surface area contributed by atoms with Crippen molar-refractivity contribution >= 4 is 81.3 Å². The van der Waals surface area contributed by atoms with Gasteiger partial charge in [-0.25, -0.2) is 4.79 Å². The van der Waals surface area contributed by atoms with Gasteiger partial charge in [-0.05, 0) is 81.9 Å². The number of carbonyl (C=O) groups is 2. The molecular formula is C15H6Br4F3NO3. The van der Waals surface area contributed by atoms with Crippen molar-refractivity contribution in [2.24, 2.45) is 0 Å². The van der Waals surface area contributed by atoms with E-state index in [1.807, 2.05) is 0 Å². The van der Waals surface area contributed by atoms with Crippen LogP contribution >= 0.6 is 63.7 Å². The molecule has 0 aliphatic rings. The average Bonchev–Trinajstić information content (AvgIpc) is 2.55. The van der Waals surface area contributed by atoms with Gasteiger partial charge in [-0.1, -0.05) is 6.07 Å². The molecule has 0 bridgehead atoms. The topological polar surface area (TPSA) is 66.4 Å². The highest BCUT2D eigenvalue weighted by atomic mass is 79.9. The molecule has 0 heterocycles. The van der Waals surface area contributed by atoms with Crippen LogP contribution in [0.1, 0.15) is 26.3 Å². The maximum Gasteiger partial charge on any atom is 0.416 e. The number of amides is 1. The second kappa shape index (κ2) is 7.99. The zero-order chi connectivity index (χ0) is 19.8. The Morgan fingerprint density at radius 2 is 1.46 bits per heavy atom. The number of hydrogen-bond donors (Lipinski definition) is 2. The van der Waals surface area contributed by atoms with E-state index in [0.29, 0.717) is 8.95 Å². The fraction of sp³-hybridized carbons (Fsp3) is 0.0667. The van der Waals surface area contributed by atoms with Crippen molar-refractivity contribution in [1.29, 1.82) is 0 Å². The molecule has 0 saturated carbocycles. The maximum atomic E-state index is 12.8. The van der Waals surface area contributed by atoms with Crippen LogP contribution in [0.15, 0.2) is 42.2 Å². The molecule has 0 spiro atoms. The lowest BCUT2D eigenvalue weighted by molar-refractivity contribution is -0.137. The molecule has 0 aliphatic heterocycles. The van der Waals surface area contributed by atoms with Crippen molar-refractivity contribution in [3.8, 4) is 0 Å². The highest BCUT2D eigenvalue weighted by Gasteiger charge is 2.31. The molecular weight excluding hydrogens is 619 g/mol. The van der Waals surface area contributed by atoms with Gasteiger partial charge in [0.25, 0.3) is 5.91 Å². The Hall–Kier alpha value is -0.910. The number of carboxylic acid groups (broad SMARTS) is 1. The zero-order valence-corrected chi connectivity index (χ0v) is 18.6. The van der Waals surface area contributed by atoms with E-state index < -0.39 is 23.6 Å². The number of alkyl halides is 3. The van der Waals surface area contributed by atoms with Crippen LogP contribution in [0.4, 0.5) is 18.9 Å². The summed E-state index contributed by atoms with van der Waals surface area (Å²) in [5.41, 5.74) is -1.66. The molecule has 0 saturated heterocycles.